The molecule has 2 aromatic heterocycles. The number of amides is 1. The van der Waals surface area contributed by atoms with Gasteiger partial charge < -0.3 is 15.4 Å². The van der Waals surface area contributed by atoms with Crippen LogP contribution in [-0.4, -0.2) is 30.4 Å². The molecule has 3 rings (SSSR count). The molecule has 0 unspecified atom stereocenters. The van der Waals surface area contributed by atoms with Crippen molar-refractivity contribution in [3.8, 4) is 0 Å². The Kier molecular flexibility index (Phi) is 5.57. The maximum Gasteiger partial charge on any atom is 0.404 e. The SMILES string of the molecule is Cc1c(Br)c([N+](=O)[O-])nn1CC(=O)Nc1cccc(Cn2cc(Cl)cn2)c1. The number of benzene rings is 1. The number of halogens is 2. The smallest absolute Gasteiger partial charge is 0.358 e. The lowest BCUT2D eigenvalue weighted by atomic mass is 10.2. The van der Waals surface area contributed by atoms with Crippen molar-refractivity contribution in [3.63, 3.8) is 0 Å². The summed E-state index contributed by atoms with van der Waals surface area (Å²) in [5.74, 6) is -0.664. The number of nitrogens with one attached hydrogen (secondary N) is 1. The molecule has 0 atom stereocenters. The average Bonchev–Trinajstić information content (AvgIpc) is 3.13. The van der Waals surface area contributed by atoms with E-state index in [2.05, 4.69) is 31.4 Å². The third-order valence-corrected chi connectivity index (χ3v) is 4.86. The van der Waals surface area contributed by atoms with Crippen LogP contribution < -0.4 is 5.32 Å². The molecule has 0 saturated heterocycles. The topological polar surface area (TPSA) is 108 Å². The van der Waals surface area contributed by atoms with Gasteiger partial charge in [0.1, 0.15) is 11.0 Å². The molecule has 0 fully saturated rings. The lowest BCUT2D eigenvalue weighted by Crippen LogP contribution is -2.20. The Bertz CT molecular complexity index is 1020. The van der Waals surface area contributed by atoms with E-state index in [9.17, 15) is 14.9 Å². The summed E-state index contributed by atoms with van der Waals surface area (Å²) in [5.41, 5.74) is 2.04. The molecule has 1 amide bonds. The Morgan fingerprint density at radius 3 is 2.85 bits per heavy atom. The van der Waals surface area contributed by atoms with E-state index in [-0.39, 0.29) is 22.7 Å². The average molecular weight is 454 g/mol. The predicted molar refractivity (Wildman–Crippen MR) is 103 cm³/mol. The highest BCUT2D eigenvalue weighted by atomic mass is 79.9. The first-order chi connectivity index (χ1) is 12.8. The number of hydrogen-bond acceptors (Lipinski definition) is 5. The van der Waals surface area contributed by atoms with E-state index < -0.39 is 4.92 Å². The van der Waals surface area contributed by atoms with Gasteiger partial charge in [0.05, 0.1) is 28.6 Å². The van der Waals surface area contributed by atoms with Gasteiger partial charge in [-0.25, -0.2) is 0 Å². The van der Waals surface area contributed by atoms with Crippen LogP contribution in [0.3, 0.4) is 0 Å². The molecule has 2 heterocycles. The van der Waals surface area contributed by atoms with Crippen molar-refractivity contribution in [2.45, 2.75) is 20.0 Å². The molecule has 140 valence electrons. The number of nitro groups is 1. The fourth-order valence-electron chi connectivity index (χ4n) is 2.47. The Hall–Kier alpha value is -2.72. The number of carbonyl (C=O) groups is 1. The lowest BCUT2D eigenvalue weighted by molar-refractivity contribution is -0.390. The number of aromatic nitrogens is 4. The molecule has 0 saturated carbocycles. The van der Waals surface area contributed by atoms with Crippen molar-refractivity contribution in [2.24, 2.45) is 0 Å². The zero-order chi connectivity index (χ0) is 19.6. The molecule has 1 N–H and O–H groups in total. The number of carbonyl (C=O) groups excluding carboxylic acids is 1. The minimum Gasteiger partial charge on any atom is -0.358 e. The molecule has 1 aromatic carbocycles. The van der Waals surface area contributed by atoms with Crippen molar-refractivity contribution in [1.82, 2.24) is 19.6 Å². The van der Waals surface area contributed by atoms with Gasteiger partial charge in [0.25, 0.3) is 0 Å². The molecule has 0 aliphatic carbocycles. The van der Waals surface area contributed by atoms with Crippen molar-refractivity contribution in [3.05, 3.63) is 67.5 Å². The quantitative estimate of drug-likeness (QED) is 0.454. The first-order valence-corrected chi connectivity index (χ1v) is 8.94. The minimum absolute atomic E-state index is 0.142. The van der Waals surface area contributed by atoms with Gasteiger partial charge in [-0.05, 0) is 45.5 Å². The number of anilines is 1. The van der Waals surface area contributed by atoms with Crippen LogP contribution in [0.5, 0.6) is 0 Å². The van der Waals surface area contributed by atoms with Crippen LogP contribution in [-0.2, 0) is 17.9 Å². The molecule has 0 bridgehead atoms. The maximum atomic E-state index is 12.3. The molecule has 0 aliphatic heterocycles. The van der Waals surface area contributed by atoms with Crippen LogP contribution in [0, 0.1) is 17.0 Å². The van der Waals surface area contributed by atoms with Crippen molar-refractivity contribution < 1.29 is 9.72 Å². The highest BCUT2D eigenvalue weighted by Crippen LogP contribution is 2.26. The summed E-state index contributed by atoms with van der Waals surface area (Å²) in [6.45, 7) is 2.01. The Balaban J connectivity index is 1.68. The predicted octanol–water partition coefficient (Wildman–Crippen LogP) is 3.40. The van der Waals surface area contributed by atoms with Gasteiger partial charge in [0.15, 0.2) is 0 Å². The summed E-state index contributed by atoms with van der Waals surface area (Å²) >= 11 is 8.98. The summed E-state index contributed by atoms with van der Waals surface area (Å²) in [6, 6.07) is 7.30. The monoisotopic (exact) mass is 452 g/mol. The summed E-state index contributed by atoms with van der Waals surface area (Å²) in [6.07, 6.45) is 3.26. The molecular formula is C16H14BrClN6O3. The number of rotatable bonds is 6. The Labute approximate surface area is 167 Å². The van der Waals surface area contributed by atoms with E-state index >= 15 is 0 Å². The van der Waals surface area contributed by atoms with E-state index in [4.69, 9.17) is 11.6 Å². The second kappa shape index (κ2) is 7.89. The molecule has 0 spiro atoms. The van der Waals surface area contributed by atoms with Gasteiger partial charge in [-0.15, -0.1) is 0 Å². The maximum absolute atomic E-state index is 12.3. The molecule has 3 aromatic rings. The highest BCUT2D eigenvalue weighted by Gasteiger charge is 2.24. The normalized spacial score (nSPS) is 10.8. The van der Waals surface area contributed by atoms with Gasteiger partial charge in [0, 0.05) is 11.9 Å². The van der Waals surface area contributed by atoms with Crippen LogP contribution in [0.25, 0.3) is 0 Å². The first-order valence-electron chi connectivity index (χ1n) is 7.77. The number of nitrogens with zero attached hydrogens (tertiary/aromatic N) is 5. The minimum atomic E-state index is -0.601. The molecule has 0 radical (unpaired) electrons. The van der Waals surface area contributed by atoms with E-state index in [0.717, 1.165) is 5.56 Å². The summed E-state index contributed by atoms with van der Waals surface area (Å²) in [5, 5.41) is 22.2. The van der Waals surface area contributed by atoms with Crippen LogP contribution >= 0.6 is 27.5 Å². The zero-order valence-electron chi connectivity index (χ0n) is 14.1. The Morgan fingerprint density at radius 2 is 2.22 bits per heavy atom. The zero-order valence-corrected chi connectivity index (χ0v) is 16.4. The largest absolute Gasteiger partial charge is 0.404 e. The summed E-state index contributed by atoms with van der Waals surface area (Å²) in [7, 11) is 0. The van der Waals surface area contributed by atoms with E-state index in [1.54, 1.807) is 30.1 Å². The molecule has 9 nitrogen and oxygen atoms in total. The Morgan fingerprint density at radius 1 is 1.44 bits per heavy atom. The van der Waals surface area contributed by atoms with Gasteiger partial charge >= 0.3 is 5.82 Å². The third kappa shape index (κ3) is 4.52. The van der Waals surface area contributed by atoms with Crippen LogP contribution in [0.15, 0.2) is 41.1 Å². The standard InChI is InChI=1S/C16H14BrClN6O3/c1-10-15(17)16(24(26)27)21-23(10)9-14(25)20-13-4-2-3-11(5-13)7-22-8-12(18)6-19-22/h2-6,8H,7,9H2,1H3,(H,20,25). The van der Waals surface area contributed by atoms with Crippen LogP contribution in [0.1, 0.15) is 11.3 Å². The summed E-state index contributed by atoms with van der Waals surface area (Å²) < 4.78 is 3.24. The third-order valence-electron chi connectivity index (χ3n) is 3.74. The van der Waals surface area contributed by atoms with Crippen molar-refractivity contribution in [1.29, 1.82) is 0 Å². The van der Waals surface area contributed by atoms with Crippen LogP contribution in [0.2, 0.25) is 5.02 Å². The van der Waals surface area contributed by atoms with Gasteiger partial charge in [-0.2, -0.15) is 9.78 Å². The second-order valence-corrected chi connectivity index (χ2v) is 6.97. The molecule has 0 aliphatic rings. The molecular weight excluding hydrogens is 440 g/mol. The molecule has 11 heteroatoms. The second-order valence-electron chi connectivity index (χ2n) is 5.74. The summed E-state index contributed by atoms with van der Waals surface area (Å²) in [4.78, 5) is 22.6. The van der Waals surface area contributed by atoms with E-state index in [1.807, 2.05) is 18.2 Å². The van der Waals surface area contributed by atoms with E-state index in [1.165, 1.54) is 4.68 Å². The van der Waals surface area contributed by atoms with Gasteiger partial charge in [-0.3, -0.25) is 9.48 Å². The van der Waals surface area contributed by atoms with Gasteiger partial charge in [0.2, 0.25) is 5.91 Å². The van der Waals surface area contributed by atoms with Crippen molar-refractivity contribution in [2.75, 3.05) is 5.32 Å². The van der Waals surface area contributed by atoms with E-state index in [0.29, 0.717) is 22.9 Å². The fourth-order valence-corrected chi connectivity index (χ4v) is 3.06. The highest BCUT2D eigenvalue weighted by molar-refractivity contribution is 9.10. The van der Waals surface area contributed by atoms with Crippen molar-refractivity contribution >= 4 is 44.9 Å². The first kappa shape index (κ1) is 19.1. The van der Waals surface area contributed by atoms with Gasteiger partial charge in [-0.1, -0.05) is 23.7 Å². The number of hydrogen-bond donors (Lipinski definition) is 1. The fraction of sp³-hybridized carbons (Fsp3) is 0.188. The van der Waals surface area contributed by atoms with Crippen LogP contribution in [0.4, 0.5) is 11.5 Å². The molecule has 27 heavy (non-hydrogen) atoms. The lowest BCUT2D eigenvalue weighted by Gasteiger charge is -2.07.